The molecular weight excluding hydrogens is 296 g/mol. The molecular formula is C18H19O3S-. The van der Waals surface area contributed by atoms with E-state index in [9.17, 15) is 8.76 Å². The molecule has 3 nitrogen and oxygen atoms in total. The summed E-state index contributed by atoms with van der Waals surface area (Å²) in [4.78, 5) is 0. The highest BCUT2D eigenvalue weighted by Gasteiger charge is 2.23. The average molecular weight is 315 g/mol. The van der Waals surface area contributed by atoms with Gasteiger partial charge in [0.05, 0.1) is 0 Å². The maximum Gasteiger partial charge on any atom is 0.139 e. The van der Waals surface area contributed by atoms with Gasteiger partial charge in [-0.2, -0.15) is 0 Å². The fourth-order valence-electron chi connectivity index (χ4n) is 3.36. The molecule has 0 amide bonds. The van der Waals surface area contributed by atoms with Gasteiger partial charge in [-0.1, -0.05) is 42.5 Å². The Morgan fingerprint density at radius 2 is 1.32 bits per heavy atom. The maximum absolute atomic E-state index is 10.5. The van der Waals surface area contributed by atoms with E-state index in [0.29, 0.717) is 17.6 Å². The van der Waals surface area contributed by atoms with Crippen molar-refractivity contribution in [1.29, 1.82) is 0 Å². The standard InChI is InChI=1S/C18H20O3S/c19-22(20)21-18-12-10-17(11-13-18)16-8-6-15(7-9-16)14-4-2-1-3-5-14/h1-5,10-13,15-16H,6-9H2,(H,19,20)/p-1. The largest absolute Gasteiger partial charge is 0.740 e. The van der Waals surface area contributed by atoms with Gasteiger partial charge in [0.15, 0.2) is 0 Å². The molecule has 1 fully saturated rings. The lowest BCUT2D eigenvalue weighted by atomic mass is 9.76. The summed E-state index contributed by atoms with van der Waals surface area (Å²) in [5.74, 6) is 1.60. The van der Waals surface area contributed by atoms with Crippen molar-refractivity contribution in [3.63, 3.8) is 0 Å². The lowest BCUT2D eigenvalue weighted by molar-refractivity contribution is 0.396. The van der Waals surface area contributed by atoms with Crippen LogP contribution in [0.5, 0.6) is 5.75 Å². The third-order valence-electron chi connectivity index (χ3n) is 4.51. The first kappa shape index (κ1) is 15.3. The zero-order chi connectivity index (χ0) is 15.4. The summed E-state index contributed by atoms with van der Waals surface area (Å²) in [6.45, 7) is 0. The Morgan fingerprint density at radius 3 is 1.82 bits per heavy atom. The molecule has 22 heavy (non-hydrogen) atoms. The molecule has 1 atom stereocenters. The molecule has 0 spiro atoms. The molecule has 1 saturated carbocycles. The van der Waals surface area contributed by atoms with Gasteiger partial charge in [0.25, 0.3) is 0 Å². The maximum atomic E-state index is 10.5. The predicted molar refractivity (Wildman–Crippen MR) is 86.4 cm³/mol. The lowest BCUT2D eigenvalue weighted by Crippen LogP contribution is -2.12. The highest BCUT2D eigenvalue weighted by Crippen LogP contribution is 2.40. The van der Waals surface area contributed by atoms with Crippen LogP contribution in [0.25, 0.3) is 0 Å². The predicted octanol–water partition coefficient (Wildman–Crippen LogP) is 4.30. The second-order valence-corrected chi connectivity index (χ2v) is 6.39. The molecule has 0 N–H and O–H groups in total. The van der Waals surface area contributed by atoms with Crippen LogP contribution in [-0.2, 0) is 11.4 Å². The van der Waals surface area contributed by atoms with Crippen LogP contribution in [0.1, 0.15) is 48.6 Å². The highest BCUT2D eigenvalue weighted by atomic mass is 32.2. The van der Waals surface area contributed by atoms with Crippen molar-refractivity contribution in [3.05, 3.63) is 65.7 Å². The number of benzene rings is 2. The summed E-state index contributed by atoms with van der Waals surface area (Å²) >= 11 is -2.50. The van der Waals surface area contributed by atoms with Gasteiger partial charge in [-0.3, -0.25) is 0 Å². The zero-order valence-corrected chi connectivity index (χ0v) is 13.1. The van der Waals surface area contributed by atoms with Gasteiger partial charge in [0, 0.05) is 0 Å². The van der Waals surface area contributed by atoms with Gasteiger partial charge in [0.1, 0.15) is 17.1 Å². The molecule has 0 heterocycles. The van der Waals surface area contributed by atoms with E-state index in [1.54, 1.807) is 12.1 Å². The van der Waals surface area contributed by atoms with Crippen LogP contribution in [0, 0.1) is 0 Å². The third-order valence-corrected chi connectivity index (χ3v) is 4.84. The number of rotatable bonds is 4. The molecule has 0 saturated heterocycles. The molecule has 0 aliphatic heterocycles. The first-order valence-corrected chi connectivity index (χ1v) is 8.65. The van der Waals surface area contributed by atoms with Gasteiger partial charge < -0.3 is 8.74 Å². The van der Waals surface area contributed by atoms with Gasteiger partial charge in [-0.25, -0.2) is 4.21 Å². The van der Waals surface area contributed by atoms with Crippen LogP contribution in [0.4, 0.5) is 0 Å². The van der Waals surface area contributed by atoms with Crippen molar-refractivity contribution in [2.24, 2.45) is 0 Å². The highest BCUT2D eigenvalue weighted by molar-refractivity contribution is 7.74. The zero-order valence-electron chi connectivity index (χ0n) is 12.3. The Bertz CT molecular complexity index is 617. The van der Waals surface area contributed by atoms with E-state index in [1.165, 1.54) is 36.8 Å². The van der Waals surface area contributed by atoms with Crippen molar-refractivity contribution in [1.82, 2.24) is 0 Å². The van der Waals surface area contributed by atoms with E-state index in [0.717, 1.165) is 0 Å². The van der Waals surface area contributed by atoms with Crippen molar-refractivity contribution in [2.45, 2.75) is 37.5 Å². The Morgan fingerprint density at radius 1 is 0.818 bits per heavy atom. The van der Waals surface area contributed by atoms with Crippen molar-refractivity contribution < 1.29 is 12.9 Å². The summed E-state index contributed by atoms with van der Waals surface area (Å²) in [5.41, 5.74) is 2.72. The van der Waals surface area contributed by atoms with E-state index < -0.39 is 11.4 Å². The SMILES string of the molecule is O=S([O-])Oc1ccc(C2CCC(c3ccccc3)CC2)cc1. The van der Waals surface area contributed by atoms with Crippen molar-refractivity contribution in [2.75, 3.05) is 0 Å². The first-order valence-electron chi connectivity index (χ1n) is 7.65. The molecule has 0 bridgehead atoms. The molecule has 1 aliphatic rings. The molecule has 116 valence electrons. The third kappa shape index (κ3) is 3.76. The number of hydrogen-bond acceptors (Lipinski definition) is 3. The second-order valence-electron chi connectivity index (χ2n) is 5.82. The Kier molecular flexibility index (Phi) is 4.90. The van der Waals surface area contributed by atoms with E-state index in [-0.39, 0.29) is 0 Å². The Hall–Kier alpha value is -1.65. The van der Waals surface area contributed by atoms with Crippen LogP contribution < -0.4 is 4.18 Å². The van der Waals surface area contributed by atoms with Crippen molar-refractivity contribution in [3.8, 4) is 5.75 Å². The molecule has 1 unspecified atom stereocenters. The second kappa shape index (κ2) is 7.07. The Labute approximate surface area is 133 Å². The van der Waals surface area contributed by atoms with E-state index >= 15 is 0 Å². The molecule has 0 radical (unpaired) electrons. The van der Waals surface area contributed by atoms with Gasteiger partial charge in [-0.05, 0) is 60.8 Å². The summed E-state index contributed by atoms with van der Waals surface area (Å²) in [5, 5.41) is 0. The van der Waals surface area contributed by atoms with Crippen LogP contribution >= 0.6 is 0 Å². The van der Waals surface area contributed by atoms with Crippen LogP contribution in [-0.4, -0.2) is 8.76 Å². The molecule has 1 aliphatic carbocycles. The van der Waals surface area contributed by atoms with Gasteiger partial charge in [-0.15, -0.1) is 0 Å². The minimum atomic E-state index is -2.50. The summed E-state index contributed by atoms with van der Waals surface area (Å²) in [7, 11) is 0. The summed E-state index contributed by atoms with van der Waals surface area (Å²) in [6.07, 6.45) is 4.76. The monoisotopic (exact) mass is 315 g/mol. The molecule has 2 aromatic rings. The smallest absolute Gasteiger partial charge is 0.139 e. The van der Waals surface area contributed by atoms with Gasteiger partial charge >= 0.3 is 0 Å². The minimum absolute atomic E-state index is 0.370. The van der Waals surface area contributed by atoms with Gasteiger partial charge in [0.2, 0.25) is 0 Å². The molecule has 0 aromatic heterocycles. The fraction of sp³-hybridized carbons (Fsp3) is 0.333. The summed E-state index contributed by atoms with van der Waals surface area (Å²) in [6, 6.07) is 18.2. The summed E-state index contributed by atoms with van der Waals surface area (Å²) < 4.78 is 25.7. The lowest BCUT2D eigenvalue weighted by Gasteiger charge is -2.29. The molecule has 4 heteroatoms. The number of hydrogen-bond donors (Lipinski definition) is 0. The normalized spacial score (nSPS) is 23.0. The van der Waals surface area contributed by atoms with Crippen LogP contribution in [0.3, 0.4) is 0 Å². The molecule has 2 aromatic carbocycles. The fourth-order valence-corrected chi connectivity index (χ4v) is 3.63. The van der Waals surface area contributed by atoms with E-state index in [2.05, 4.69) is 34.5 Å². The van der Waals surface area contributed by atoms with E-state index in [1.807, 2.05) is 12.1 Å². The topological polar surface area (TPSA) is 49.4 Å². The first-order chi connectivity index (χ1) is 10.7. The van der Waals surface area contributed by atoms with Crippen molar-refractivity contribution >= 4 is 11.4 Å². The van der Waals surface area contributed by atoms with E-state index in [4.69, 9.17) is 0 Å². The molecule has 3 rings (SSSR count). The van der Waals surface area contributed by atoms with Crippen LogP contribution in [0.2, 0.25) is 0 Å². The average Bonchev–Trinajstić information content (AvgIpc) is 2.56. The Balaban J connectivity index is 1.60. The van der Waals surface area contributed by atoms with Crippen LogP contribution in [0.15, 0.2) is 54.6 Å². The minimum Gasteiger partial charge on any atom is -0.740 e. The quantitative estimate of drug-likeness (QED) is 0.790.